The van der Waals surface area contributed by atoms with Crippen molar-refractivity contribution in [3.8, 4) is 0 Å². The molecule has 0 spiro atoms. The molecule has 0 aliphatic heterocycles. The lowest BCUT2D eigenvalue weighted by molar-refractivity contribution is 0.416. The lowest BCUT2D eigenvalue weighted by atomic mass is 9.94. The Morgan fingerprint density at radius 1 is 0.450 bits per heavy atom. The first-order chi connectivity index (χ1) is 9.70. The second-order valence-corrected chi connectivity index (χ2v) is 7.19. The van der Waals surface area contributed by atoms with Gasteiger partial charge in [-0.25, -0.2) is 0 Å². The van der Waals surface area contributed by atoms with Crippen LogP contribution in [0.3, 0.4) is 0 Å². The molecule has 0 nitrogen and oxygen atoms in total. The van der Waals surface area contributed by atoms with Crippen LogP contribution in [0, 0.1) is 11.8 Å². The summed E-state index contributed by atoms with van der Waals surface area (Å²) in [6.45, 7) is 9.50. The normalized spacial score (nSPS) is 14.4. The van der Waals surface area contributed by atoms with Crippen molar-refractivity contribution >= 4 is 0 Å². The van der Waals surface area contributed by atoms with Crippen LogP contribution in [-0.4, -0.2) is 0 Å². The van der Waals surface area contributed by atoms with Crippen LogP contribution < -0.4 is 0 Å². The molecule has 0 aliphatic carbocycles. The van der Waals surface area contributed by atoms with Gasteiger partial charge in [-0.15, -0.1) is 0 Å². The summed E-state index contributed by atoms with van der Waals surface area (Å²) in [5, 5.41) is 0. The Morgan fingerprint density at radius 3 is 1.05 bits per heavy atom. The molecule has 0 amide bonds. The molecule has 122 valence electrons. The van der Waals surface area contributed by atoms with Crippen molar-refractivity contribution in [2.45, 2.75) is 118 Å². The van der Waals surface area contributed by atoms with Crippen molar-refractivity contribution in [2.75, 3.05) is 0 Å². The van der Waals surface area contributed by atoms with E-state index in [4.69, 9.17) is 0 Å². The Hall–Kier alpha value is 0. The second-order valence-electron chi connectivity index (χ2n) is 7.19. The molecule has 0 fully saturated rings. The Bertz CT molecular complexity index is 153. The monoisotopic (exact) mass is 282 g/mol. The minimum atomic E-state index is 0.967. The lowest BCUT2D eigenvalue weighted by Crippen LogP contribution is -1.96. The van der Waals surface area contributed by atoms with Crippen molar-refractivity contribution in [3.63, 3.8) is 0 Å². The number of hydrogen-bond acceptors (Lipinski definition) is 0. The van der Waals surface area contributed by atoms with Gasteiger partial charge in [-0.3, -0.25) is 0 Å². The van der Waals surface area contributed by atoms with Crippen molar-refractivity contribution in [1.82, 2.24) is 0 Å². The van der Waals surface area contributed by atoms with E-state index in [9.17, 15) is 0 Å². The van der Waals surface area contributed by atoms with E-state index in [1.807, 2.05) is 0 Å². The fraction of sp³-hybridized carbons (Fsp3) is 1.00. The molecule has 0 saturated heterocycles. The summed E-state index contributed by atoms with van der Waals surface area (Å²) in [4.78, 5) is 0. The van der Waals surface area contributed by atoms with E-state index in [1.165, 1.54) is 89.9 Å². The zero-order valence-corrected chi connectivity index (χ0v) is 15.1. The van der Waals surface area contributed by atoms with E-state index in [-0.39, 0.29) is 0 Å². The average molecular weight is 283 g/mol. The average Bonchev–Trinajstić information content (AvgIpc) is 2.43. The van der Waals surface area contributed by atoms with Gasteiger partial charge in [-0.1, -0.05) is 118 Å². The standard InChI is InChI=1S/C20H42/c1-5-7-11-15-19(3)17-13-9-10-14-18-20(4)16-12-8-6-2/h19-20H,5-18H2,1-4H3. The maximum absolute atomic E-state index is 2.45. The molecule has 0 aliphatic rings. The minimum absolute atomic E-state index is 0.967. The van der Waals surface area contributed by atoms with E-state index in [0.29, 0.717) is 0 Å². The van der Waals surface area contributed by atoms with Crippen molar-refractivity contribution < 1.29 is 0 Å². The predicted octanol–water partition coefficient (Wildman–Crippen LogP) is 7.76. The molecule has 0 aromatic heterocycles. The number of hydrogen-bond donors (Lipinski definition) is 0. The first-order valence-electron chi connectivity index (χ1n) is 9.70. The highest BCUT2D eigenvalue weighted by molar-refractivity contribution is 4.57. The third kappa shape index (κ3) is 14.4. The summed E-state index contributed by atoms with van der Waals surface area (Å²) < 4.78 is 0. The molecule has 0 saturated carbocycles. The van der Waals surface area contributed by atoms with Gasteiger partial charge >= 0.3 is 0 Å². The predicted molar refractivity (Wildman–Crippen MR) is 94.3 cm³/mol. The molecule has 20 heavy (non-hydrogen) atoms. The molecule has 0 aromatic rings. The molecule has 2 unspecified atom stereocenters. The van der Waals surface area contributed by atoms with Gasteiger partial charge in [-0.05, 0) is 11.8 Å². The van der Waals surface area contributed by atoms with Crippen LogP contribution in [0.4, 0.5) is 0 Å². The van der Waals surface area contributed by atoms with Gasteiger partial charge in [0, 0.05) is 0 Å². The summed E-state index contributed by atoms with van der Waals surface area (Å²) in [6.07, 6.45) is 20.2. The smallest absolute Gasteiger partial charge is 0.0443 e. The first kappa shape index (κ1) is 20.0. The summed E-state index contributed by atoms with van der Waals surface area (Å²) in [5.41, 5.74) is 0. The van der Waals surface area contributed by atoms with Gasteiger partial charge in [0.1, 0.15) is 0 Å². The highest BCUT2D eigenvalue weighted by Gasteiger charge is 2.03. The number of unbranched alkanes of at least 4 members (excludes halogenated alkanes) is 7. The molecule has 0 aromatic carbocycles. The van der Waals surface area contributed by atoms with Gasteiger partial charge in [-0.2, -0.15) is 0 Å². The zero-order chi connectivity index (χ0) is 15.1. The van der Waals surface area contributed by atoms with Crippen LogP contribution in [0.25, 0.3) is 0 Å². The maximum Gasteiger partial charge on any atom is -0.0443 e. The molecule has 2 atom stereocenters. The lowest BCUT2D eigenvalue weighted by Gasteiger charge is -2.12. The third-order valence-electron chi connectivity index (χ3n) is 4.74. The van der Waals surface area contributed by atoms with Crippen LogP contribution in [-0.2, 0) is 0 Å². The van der Waals surface area contributed by atoms with Gasteiger partial charge < -0.3 is 0 Å². The van der Waals surface area contributed by atoms with E-state index < -0.39 is 0 Å². The summed E-state index contributed by atoms with van der Waals surface area (Å²) in [7, 11) is 0. The molecular formula is C20H42. The van der Waals surface area contributed by atoms with Crippen molar-refractivity contribution in [3.05, 3.63) is 0 Å². The Kier molecular flexibility index (Phi) is 15.4. The van der Waals surface area contributed by atoms with E-state index >= 15 is 0 Å². The van der Waals surface area contributed by atoms with Crippen molar-refractivity contribution in [1.29, 1.82) is 0 Å². The zero-order valence-electron chi connectivity index (χ0n) is 15.1. The molecular weight excluding hydrogens is 240 g/mol. The number of rotatable bonds is 15. The van der Waals surface area contributed by atoms with E-state index in [1.54, 1.807) is 0 Å². The van der Waals surface area contributed by atoms with E-state index in [0.717, 1.165) is 11.8 Å². The van der Waals surface area contributed by atoms with Crippen LogP contribution in [0.5, 0.6) is 0 Å². The second kappa shape index (κ2) is 15.4. The van der Waals surface area contributed by atoms with Gasteiger partial charge in [0.2, 0.25) is 0 Å². The quantitative estimate of drug-likeness (QED) is 0.269. The molecule has 0 heteroatoms. The first-order valence-corrected chi connectivity index (χ1v) is 9.70. The van der Waals surface area contributed by atoms with Crippen LogP contribution in [0.15, 0.2) is 0 Å². The molecule has 0 N–H and O–H groups in total. The summed E-state index contributed by atoms with van der Waals surface area (Å²) >= 11 is 0. The molecule has 0 radical (unpaired) electrons. The van der Waals surface area contributed by atoms with Gasteiger partial charge in [0.25, 0.3) is 0 Å². The van der Waals surface area contributed by atoms with Crippen LogP contribution in [0.1, 0.15) is 118 Å². The molecule has 0 bridgehead atoms. The van der Waals surface area contributed by atoms with Crippen LogP contribution >= 0.6 is 0 Å². The van der Waals surface area contributed by atoms with E-state index in [2.05, 4.69) is 27.7 Å². The third-order valence-corrected chi connectivity index (χ3v) is 4.74. The fourth-order valence-electron chi connectivity index (χ4n) is 3.11. The molecule has 0 rings (SSSR count). The minimum Gasteiger partial charge on any atom is -0.0654 e. The SMILES string of the molecule is CCCCCC(C)CCCCCCC(C)CCCCC. The summed E-state index contributed by atoms with van der Waals surface area (Å²) in [6, 6.07) is 0. The fourth-order valence-corrected chi connectivity index (χ4v) is 3.11. The Morgan fingerprint density at radius 2 is 0.750 bits per heavy atom. The Balaban J connectivity index is 3.22. The highest BCUT2D eigenvalue weighted by Crippen LogP contribution is 2.19. The van der Waals surface area contributed by atoms with Gasteiger partial charge in [0.05, 0.1) is 0 Å². The van der Waals surface area contributed by atoms with Gasteiger partial charge in [0.15, 0.2) is 0 Å². The Labute approximate surface area is 130 Å². The van der Waals surface area contributed by atoms with Crippen LogP contribution in [0.2, 0.25) is 0 Å². The molecule has 0 heterocycles. The largest absolute Gasteiger partial charge is 0.0654 e. The summed E-state index contributed by atoms with van der Waals surface area (Å²) in [5.74, 6) is 1.93. The highest BCUT2D eigenvalue weighted by atomic mass is 14.1. The topological polar surface area (TPSA) is 0 Å². The van der Waals surface area contributed by atoms with Crippen molar-refractivity contribution in [2.24, 2.45) is 11.8 Å². The maximum atomic E-state index is 2.45.